The monoisotopic (exact) mass is 340 g/mol. The molecule has 2 aromatic rings. The third-order valence-corrected chi connectivity index (χ3v) is 3.58. The molecular weight excluding hydrogens is 320 g/mol. The topological polar surface area (TPSA) is 72.7 Å². The molecule has 25 heavy (non-hydrogen) atoms. The van der Waals surface area contributed by atoms with Crippen LogP contribution in [0.5, 0.6) is 0 Å². The van der Waals surface area contributed by atoms with E-state index in [-0.39, 0.29) is 6.61 Å². The van der Waals surface area contributed by atoms with Crippen LogP contribution >= 0.6 is 0 Å². The Morgan fingerprint density at radius 3 is 2.44 bits per heavy atom. The molecule has 130 valence electrons. The zero-order chi connectivity index (χ0) is 18.2. The van der Waals surface area contributed by atoms with E-state index in [0.717, 1.165) is 11.3 Å². The zero-order valence-electron chi connectivity index (χ0n) is 14.2. The second kappa shape index (κ2) is 8.63. The molecule has 0 fully saturated rings. The standard InChI is InChI=1S/C19H20N2O4/c1-3-25-19(22)18(21(23)24)13-16-11-7-8-12-17(16)20(2)14-15-9-5-4-6-10-15/h4-13H,3,14H2,1-2H3/b18-13-. The molecular formula is C19H20N2O4. The Morgan fingerprint density at radius 1 is 1.16 bits per heavy atom. The van der Waals surface area contributed by atoms with E-state index in [4.69, 9.17) is 4.74 Å². The van der Waals surface area contributed by atoms with Gasteiger partial charge in [0.25, 0.3) is 0 Å². The summed E-state index contributed by atoms with van der Waals surface area (Å²) in [6.45, 7) is 2.33. The van der Waals surface area contributed by atoms with Gasteiger partial charge in [0.2, 0.25) is 0 Å². The van der Waals surface area contributed by atoms with Crippen molar-refractivity contribution in [2.45, 2.75) is 13.5 Å². The summed E-state index contributed by atoms with van der Waals surface area (Å²) in [4.78, 5) is 24.3. The van der Waals surface area contributed by atoms with Gasteiger partial charge in [-0.05, 0) is 18.6 Å². The number of hydrogen-bond acceptors (Lipinski definition) is 5. The SMILES string of the molecule is CCOC(=O)/C(=C/c1ccccc1N(C)Cc1ccccc1)[N+](=O)[O-]. The number of hydrogen-bond donors (Lipinski definition) is 0. The highest BCUT2D eigenvalue weighted by Gasteiger charge is 2.24. The van der Waals surface area contributed by atoms with Crippen molar-refractivity contribution in [3.8, 4) is 0 Å². The maximum atomic E-state index is 11.8. The highest BCUT2D eigenvalue weighted by molar-refractivity contribution is 5.92. The maximum absolute atomic E-state index is 11.8. The van der Waals surface area contributed by atoms with Crippen LogP contribution in [0.25, 0.3) is 6.08 Å². The number of esters is 1. The molecule has 0 aromatic heterocycles. The van der Waals surface area contributed by atoms with Gasteiger partial charge in [-0.2, -0.15) is 0 Å². The Balaban J connectivity index is 2.34. The predicted octanol–water partition coefficient (Wildman–Crippen LogP) is 3.50. The summed E-state index contributed by atoms with van der Waals surface area (Å²) in [5, 5.41) is 11.2. The molecule has 0 aliphatic rings. The third kappa shape index (κ3) is 4.91. The lowest BCUT2D eigenvalue weighted by molar-refractivity contribution is -0.419. The second-order valence-corrected chi connectivity index (χ2v) is 5.41. The Labute approximate surface area is 146 Å². The first kappa shape index (κ1) is 18.2. The van der Waals surface area contributed by atoms with Gasteiger partial charge in [-0.25, -0.2) is 4.79 Å². The lowest BCUT2D eigenvalue weighted by Crippen LogP contribution is -2.18. The molecule has 0 N–H and O–H groups in total. The quantitative estimate of drug-likeness (QED) is 0.334. The van der Waals surface area contributed by atoms with Crippen molar-refractivity contribution in [2.24, 2.45) is 0 Å². The molecule has 0 bridgehead atoms. The van der Waals surface area contributed by atoms with Gasteiger partial charge in [0.05, 0.1) is 11.5 Å². The number of nitro groups is 1. The van der Waals surface area contributed by atoms with Gasteiger partial charge >= 0.3 is 11.7 Å². The molecule has 0 saturated carbocycles. The molecule has 0 aliphatic heterocycles. The fourth-order valence-electron chi connectivity index (χ4n) is 2.44. The average molecular weight is 340 g/mol. The first-order valence-corrected chi connectivity index (χ1v) is 7.90. The largest absolute Gasteiger partial charge is 0.458 e. The first-order chi connectivity index (χ1) is 12.0. The smallest absolute Gasteiger partial charge is 0.409 e. The Kier molecular flexibility index (Phi) is 6.28. The van der Waals surface area contributed by atoms with Gasteiger partial charge in [-0.1, -0.05) is 48.5 Å². The molecule has 0 spiro atoms. The van der Waals surface area contributed by atoms with Gasteiger partial charge in [0.1, 0.15) is 0 Å². The zero-order valence-corrected chi connectivity index (χ0v) is 14.2. The average Bonchev–Trinajstić information content (AvgIpc) is 2.60. The van der Waals surface area contributed by atoms with Crippen LogP contribution in [0.4, 0.5) is 5.69 Å². The molecule has 2 aromatic carbocycles. The molecule has 0 radical (unpaired) electrons. The molecule has 0 saturated heterocycles. The normalized spacial score (nSPS) is 11.0. The molecule has 0 heterocycles. The Morgan fingerprint density at radius 2 is 1.80 bits per heavy atom. The van der Waals surface area contributed by atoms with Crippen LogP contribution in [-0.4, -0.2) is 24.5 Å². The Hall–Kier alpha value is -3.15. The fourth-order valence-corrected chi connectivity index (χ4v) is 2.44. The summed E-state index contributed by atoms with van der Waals surface area (Å²) in [5.74, 6) is -0.937. The predicted molar refractivity (Wildman–Crippen MR) is 96.6 cm³/mol. The number of nitrogens with zero attached hydrogens (tertiary/aromatic N) is 2. The number of ether oxygens (including phenoxy) is 1. The van der Waals surface area contributed by atoms with Crippen molar-refractivity contribution < 1.29 is 14.5 Å². The summed E-state index contributed by atoms with van der Waals surface area (Å²) < 4.78 is 4.77. The highest BCUT2D eigenvalue weighted by atomic mass is 16.6. The molecule has 0 unspecified atom stereocenters. The van der Waals surface area contributed by atoms with E-state index < -0.39 is 16.6 Å². The summed E-state index contributed by atoms with van der Waals surface area (Å²) >= 11 is 0. The first-order valence-electron chi connectivity index (χ1n) is 7.90. The van der Waals surface area contributed by atoms with Gasteiger partial charge < -0.3 is 9.64 Å². The van der Waals surface area contributed by atoms with Crippen LogP contribution in [-0.2, 0) is 16.1 Å². The minimum atomic E-state index is -0.937. The number of carbonyl (C=O) groups excluding carboxylic acids is 1. The van der Waals surface area contributed by atoms with Gasteiger partial charge in [-0.3, -0.25) is 10.1 Å². The molecule has 0 aliphatic carbocycles. The maximum Gasteiger partial charge on any atom is 0.409 e. The van der Waals surface area contributed by atoms with Crippen molar-refractivity contribution >= 4 is 17.7 Å². The number of anilines is 1. The summed E-state index contributed by atoms with van der Waals surface area (Å²) in [5.41, 5.74) is 1.90. The van der Waals surface area contributed by atoms with E-state index in [1.54, 1.807) is 19.1 Å². The van der Waals surface area contributed by atoms with Gasteiger partial charge in [0.15, 0.2) is 0 Å². The second-order valence-electron chi connectivity index (χ2n) is 5.41. The number of para-hydroxylation sites is 1. The minimum absolute atomic E-state index is 0.0829. The van der Waals surface area contributed by atoms with Crippen LogP contribution in [0, 0.1) is 10.1 Å². The van der Waals surface area contributed by atoms with Crippen LogP contribution in [0.3, 0.4) is 0 Å². The number of benzene rings is 2. The van der Waals surface area contributed by atoms with Crippen molar-refractivity contribution in [3.63, 3.8) is 0 Å². The van der Waals surface area contributed by atoms with Crippen molar-refractivity contribution in [1.82, 2.24) is 0 Å². The van der Waals surface area contributed by atoms with Crippen LogP contribution < -0.4 is 4.90 Å². The number of rotatable bonds is 7. The summed E-state index contributed by atoms with van der Waals surface area (Å²) in [7, 11) is 1.90. The Bertz CT molecular complexity index is 772. The molecule has 0 amide bonds. The van der Waals surface area contributed by atoms with E-state index in [0.29, 0.717) is 12.1 Å². The van der Waals surface area contributed by atoms with Gasteiger partial charge in [0, 0.05) is 30.9 Å². The van der Waals surface area contributed by atoms with Crippen molar-refractivity contribution in [3.05, 3.63) is 81.5 Å². The lowest BCUT2D eigenvalue weighted by Gasteiger charge is -2.21. The van der Waals surface area contributed by atoms with E-state index in [2.05, 4.69) is 0 Å². The van der Waals surface area contributed by atoms with E-state index >= 15 is 0 Å². The highest BCUT2D eigenvalue weighted by Crippen LogP contribution is 2.24. The van der Waals surface area contributed by atoms with Crippen LogP contribution in [0.2, 0.25) is 0 Å². The molecule has 6 heteroatoms. The molecule has 0 atom stereocenters. The minimum Gasteiger partial charge on any atom is -0.458 e. The lowest BCUT2D eigenvalue weighted by atomic mass is 10.1. The summed E-state index contributed by atoms with van der Waals surface area (Å²) in [6.07, 6.45) is 1.26. The summed E-state index contributed by atoms with van der Waals surface area (Å²) in [6, 6.07) is 17.1. The van der Waals surface area contributed by atoms with Crippen LogP contribution in [0.1, 0.15) is 18.1 Å². The van der Waals surface area contributed by atoms with Crippen molar-refractivity contribution in [2.75, 3.05) is 18.6 Å². The third-order valence-electron chi connectivity index (χ3n) is 3.58. The molecule has 6 nitrogen and oxygen atoms in total. The number of carbonyl (C=O) groups is 1. The van der Waals surface area contributed by atoms with E-state index in [9.17, 15) is 14.9 Å². The van der Waals surface area contributed by atoms with Crippen molar-refractivity contribution in [1.29, 1.82) is 0 Å². The molecule has 2 rings (SSSR count). The van der Waals surface area contributed by atoms with Crippen LogP contribution in [0.15, 0.2) is 60.3 Å². The fraction of sp³-hybridized carbons (Fsp3) is 0.211. The van der Waals surface area contributed by atoms with E-state index in [1.807, 2.05) is 54.4 Å². The van der Waals surface area contributed by atoms with Gasteiger partial charge in [-0.15, -0.1) is 0 Å². The van der Waals surface area contributed by atoms with E-state index in [1.165, 1.54) is 6.08 Å².